The van der Waals surface area contributed by atoms with Crippen molar-refractivity contribution < 1.29 is 9.90 Å². The Morgan fingerprint density at radius 2 is 1.85 bits per heavy atom. The minimum absolute atomic E-state index is 0.108. The van der Waals surface area contributed by atoms with Crippen LogP contribution in [0.2, 0.25) is 0 Å². The van der Waals surface area contributed by atoms with Crippen molar-refractivity contribution >= 4 is 17.3 Å². The van der Waals surface area contributed by atoms with E-state index < -0.39 is 0 Å². The second kappa shape index (κ2) is 6.65. The van der Waals surface area contributed by atoms with Crippen LogP contribution in [-0.4, -0.2) is 22.6 Å². The number of nitrogens with two attached hydrogens (primary N) is 1. The monoisotopic (exact) mass is 272 g/mol. The van der Waals surface area contributed by atoms with Crippen LogP contribution in [0.3, 0.4) is 0 Å². The number of carbonyl (C=O) groups is 1. The van der Waals surface area contributed by atoms with Crippen LogP contribution < -0.4 is 16.6 Å². The molecule has 104 valence electrons. The first kappa shape index (κ1) is 14.0. The van der Waals surface area contributed by atoms with Gasteiger partial charge < -0.3 is 15.8 Å². The van der Waals surface area contributed by atoms with Gasteiger partial charge in [-0.2, -0.15) is 0 Å². The zero-order valence-corrected chi connectivity index (χ0v) is 10.8. The molecule has 0 saturated carbocycles. The summed E-state index contributed by atoms with van der Waals surface area (Å²) in [5, 5.41) is 11.6. The van der Waals surface area contributed by atoms with Crippen molar-refractivity contribution in [1.29, 1.82) is 0 Å². The van der Waals surface area contributed by atoms with E-state index in [1.807, 2.05) is 12.1 Å². The number of amides is 1. The molecule has 0 aliphatic rings. The van der Waals surface area contributed by atoms with Gasteiger partial charge in [-0.25, -0.2) is 4.98 Å². The van der Waals surface area contributed by atoms with Gasteiger partial charge in [0.15, 0.2) is 0 Å². The summed E-state index contributed by atoms with van der Waals surface area (Å²) >= 11 is 0. The number of aliphatic hydroxyl groups is 1. The van der Waals surface area contributed by atoms with Crippen LogP contribution in [0.25, 0.3) is 0 Å². The molecular formula is C14H16N4O2. The fraction of sp³-hybridized carbons (Fsp3) is 0.143. The summed E-state index contributed by atoms with van der Waals surface area (Å²) in [6.07, 6.45) is 2.09. The number of hydrazine groups is 1. The summed E-state index contributed by atoms with van der Waals surface area (Å²) in [7, 11) is 0. The molecule has 5 N–H and O–H groups in total. The molecule has 1 heterocycles. The highest BCUT2D eigenvalue weighted by Gasteiger charge is 2.07. The summed E-state index contributed by atoms with van der Waals surface area (Å²) in [5.74, 6) is 4.94. The number of rotatable bonds is 5. The molecule has 2 rings (SSSR count). The molecule has 6 heteroatoms. The van der Waals surface area contributed by atoms with Crippen molar-refractivity contribution in [2.24, 2.45) is 5.84 Å². The number of hydrogen-bond donors (Lipinski definition) is 4. The molecule has 0 spiro atoms. The largest absolute Gasteiger partial charge is 0.396 e. The Labute approximate surface area is 116 Å². The third kappa shape index (κ3) is 3.53. The normalized spacial score (nSPS) is 10.1. The Balaban J connectivity index is 2.02. The van der Waals surface area contributed by atoms with Crippen LogP contribution in [0.1, 0.15) is 16.1 Å². The van der Waals surface area contributed by atoms with E-state index in [2.05, 4.69) is 15.7 Å². The quantitative estimate of drug-likeness (QED) is 0.483. The predicted octanol–water partition coefficient (Wildman–Crippen LogP) is 1.15. The number of nitrogens with one attached hydrogen (secondary N) is 2. The molecule has 0 unspecified atom stereocenters. The first-order valence-corrected chi connectivity index (χ1v) is 6.17. The molecule has 6 nitrogen and oxygen atoms in total. The van der Waals surface area contributed by atoms with Crippen molar-refractivity contribution in [1.82, 2.24) is 4.98 Å². The zero-order chi connectivity index (χ0) is 14.4. The Morgan fingerprint density at radius 1 is 1.15 bits per heavy atom. The predicted molar refractivity (Wildman–Crippen MR) is 77.2 cm³/mol. The zero-order valence-electron chi connectivity index (χ0n) is 10.8. The van der Waals surface area contributed by atoms with E-state index in [-0.39, 0.29) is 12.5 Å². The molecule has 1 aromatic heterocycles. The maximum Gasteiger partial charge on any atom is 0.274 e. The molecule has 0 saturated heterocycles. The van der Waals surface area contributed by atoms with Gasteiger partial charge in [0.05, 0.1) is 11.9 Å². The standard InChI is InChI=1S/C14H16N4O2/c15-18-12-5-6-13(16-9-12)14(20)17-11-3-1-10(2-4-11)7-8-19/h1-6,9,18-19H,7-8,15H2,(H,17,20). The molecule has 0 atom stereocenters. The second-order valence-corrected chi connectivity index (χ2v) is 4.20. The summed E-state index contributed by atoms with van der Waals surface area (Å²) in [6.45, 7) is 0.108. The van der Waals surface area contributed by atoms with E-state index in [4.69, 9.17) is 10.9 Å². The Hall–Kier alpha value is -2.44. The molecule has 20 heavy (non-hydrogen) atoms. The maximum atomic E-state index is 12.0. The number of anilines is 2. The molecule has 0 fully saturated rings. The highest BCUT2D eigenvalue weighted by molar-refractivity contribution is 6.02. The summed E-state index contributed by atoms with van der Waals surface area (Å²) in [4.78, 5) is 16.0. The van der Waals surface area contributed by atoms with Gasteiger partial charge in [-0.15, -0.1) is 0 Å². The van der Waals surface area contributed by atoms with Crippen molar-refractivity contribution in [2.75, 3.05) is 17.3 Å². The number of pyridine rings is 1. The van der Waals surface area contributed by atoms with Crippen LogP contribution in [-0.2, 0) is 6.42 Å². The summed E-state index contributed by atoms with van der Waals surface area (Å²) in [5.41, 5.74) is 5.09. The smallest absolute Gasteiger partial charge is 0.274 e. The molecule has 0 radical (unpaired) electrons. The number of benzene rings is 1. The highest BCUT2D eigenvalue weighted by Crippen LogP contribution is 2.12. The molecule has 1 amide bonds. The third-order valence-corrected chi connectivity index (χ3v) is 2.78. The van der Waals surface area contributed by atoms with E-state index in [1.165, 1.54) is 6.20 Å². The number of nitrogen functional groups attached to an aromatic ring is 1. The first-order valence-electron chi connectivity index (χ1n) is 6.17. The van der Waals surface area contributed by atoms with Crippen LogP contribution >= 0.6 is 0 Å². The number of nitrogens with zero attached hydrogens (tertiary/aromatic N) is 1. The lowest BCUT2D eigenvalue weighted by atomic mass is 10.1. The first-order chi connectivity index (χ1) is 9.72. The topological polar surface area (TPSA) is 100 Å². The number of aromatic nitrogens is 1. The van der Waals surface area contributed by atoms with Gasteiger partial charge in [0, 0.05) is 12.3 Å². The Morgan fingerprint density at radius 3 is 2.40 bits per heavy atom. The van der Waals surface area contributed by atoms with Crippen LogP contribution in [0.4, 0.5) is 11.4 Å². The highest BCUT2D eigenvalue weighted by atomic mass is 16.2. The van der Waals surface area contributed by atoms with Crippen LogP contribution in [0.15, 0.2) is 42.6 Å². The van der Waals surface area contributed by atoms with E-state index in [0.717, 1.165) is 5.56 Å². The Bertz CT molecular complexity index is 567. The SMILES string of the molecule is NNc1ccc(C(=O)Nc2ccc(CCO)cc2)nc1. The van der Waals surface area contributed by atoms with Crippen molar-refractivity contribution in [3.8, 4) is 0 Å². The maximum absolute atomic E-state index is 12.0. The van der Waals surface area contributed by atoms with Gasteiger partial charge in [0.2, 0.25) is 0 Å². The van der Waals surface area contributed by atoms with Crippen LogP contribution in [0, 0.1) is 0 Å². The third-order valence-electron chi connectivity index (χ3n) is 2.78. The van der Waals surface area contributed by atoms with Crippen molar-refractivity contribution in [2.45, 2.75) is 6.42 Å². The van der Waals surface area contributed by atoms with Crippen molar-refractivity contribution in [3.63, 3.8) is 0 Å². The second-order valence-electron chi connectivity index (χ2n) is 4.20. The average Bonchev–Trinajstić information content (AvgIpc) is 2.49. The van der Waals surface area contributed by atoms with E-state index in [1.54, 1.807) is 24.3 Å². The summed E-state index contributed by atoms with van der Waals surface area (Å²) in [6, 6.07) is 10.6. The molecule has 0 aliphatic heterocycles. The lowest BCUT2D eigenvalue weighted by Crippen LogP contribution is -2.14. The van der Waals surface area contributed by atoms with Crippen LogP contribution in [0.5, 0.6) is 0 Å². The molecule has 2 aromatic rings. The van der Waals surface area contributed by atoms with E-state index >= 15 is 0 Å². The van der Waals surface area contributed by atoms with Gasteiger partial charge in [0.25, 0.3) is 5.91 Å². The minimum atomic E-state index is -0.288. The molecule has 0 aliphatic carbocycles. The van der Waals surface area contributed by atoms with E-state index in [9.17, 15) is 4.79 Å². The number of hydrogen-bond acceptors (Lipinski definition) is 5. The molecule has 0 bridgehead atoms. The van der Waals surface area contributed by atoms with E-state index in [0.29, 0.717) is 23.5 Å². The van der Waals surface area contributed by atoms with Gasteiger partial charge in [-0.1, -0.05) is 12.1 Å². The molecule has 1 aromatic carbocycles. The van der Waals surface area contributed by atoms with Crippen molar-refractivity contribution in [3.05, 3.63) is 53.9 Å². The minimum Gasteiger partial charge on any atom is -0.396 e. The summed E-state index contributed by atoms with van der Waals surface area (Å²) < 4.78 is 0. The lowest BCUT2D eigenvalue weighted by molar-refractivity contribution is 0.102. The average molecular weight is 272 g/mol. The lowest BCUT2D eigenvalue weighted by Gasteiger charge is -2.06. The fourth-order valence-electron chi connectivity index (χ4n) is 1.69. The van der Waals surface area contributed by atoms with Gasteiger partial charge in [-0.05, 0) is 36.2 Å². The number of aliphatic hydroxyl groups excluding tert-OH is 1. The Kier molecular flexibility index (Phi) is 4.65. The van der Waals surface area contributed by atoms with Gasteiger partial charge in [-0.3, -0.25) is 10.6 Å². The van der Waals surface area contributed by atoms with Gasteiger partial charge in [0.1, 0.15) is 5.69 Å². The number of carbonyl (C=O) groups excluding carboxylic acids is 1. The molecular weight excluding hydrogens is 256 g/mol. The fourth-order valence-corrected chi connectivity index (χ4v) is 1.69. The van der Waals surface area contributed by atoms with Gasteiger partial charge >= 0.3 is 0 Å².